The molecular weight excluding hydrogens is 258 g/mol. The van der Waals surface area contributed by atoms with Gasteiger partial charge in [-0.25, -0.2) is 0 Å². The van der Waals surface area contributed by atoms with Crippen molar-refractivity contribution in [3.05, 3.63) is 29.3 Å². The van der Waals surface area contributed by atoms with Crippen molar-refractivity contribution in [3.8, 4) is 0 Å². The van der Waals surface area contributed by atoms with E-state index in [0.717, 1.165) is 28.9 Å². The first kappa shape index (κ1) is 14.4. The Morgan fingerprint density at radius 1 is 1.53 bits per heavy atom. The zero-order valence-electron chi connectivity index (χ0n) is 11.5. The zero-order valence-corrected chi connectivity index (χ0v) is 12.3. The molecule has 1 atom stereocenters. The summed E-state index contributed by atoms with van der Waals surface area (Å²) in [5, 5.41) is 12.2. The molecule has 0 heterocycles. The third-order valence-electron chi connectivity index (χ3n) is 3.64. The van der Waals surface area contributed by atoms with Crippen LogP contribution in [0.4, 0.5) is 0 Å². The Bertz CT molecular complexity index is 457. The van der Waals surface area contributed by atoms with Crippen LogP contribution in [0.1, 0.15) is 35.2 Å². The molecule has 2 rings (SSSR count). The lowest BCUT2D eigenvalue weighted by Crippen LogP contribution is -2.37. The van der Waals surface area contributed by atoms with Crippen LogP contribution in [0, 0.1) is 12.8 Å². The van der Waals surface area contributed by atoms with E-state index >= 15 is 0 Å². The number of aliphatic hydroxyl groups excluding tert-OH is 1. The maximum absolute atomic E-state index is 12.3. The second kappa shape index (κ2) is 6.44. The van der Waals surface area contributed by atoms with Gasteiger partial charge in [-0.1, -0.05) is 6.07 Å². The highest BCUT2D eigenvalue weighted by Crippen LogP contribution is 2.34. The molecule has 0 bridgehead atoms. The van der Waals surface area contributed by atoms with Crippen LogP contribution in [0.25, 0.3) is 0 Å². The first-order valence-corrected chi connectivity index (χ1v) is 7.94. The number of amides is 1. The minimum atomic E-state index is -0.0150. The van der Waals surface area contributed by atoms with E-state index in [0.29, 0.717) is 12.3 Å². The monoisotopic (exact) mass is 279 g/mol. The molecule has 19 heavy (non-hydrogen) atoms. The van der Waals surface area contributed by atoms with Crippen molar-refractivity contribution in [1.82, 2.24) is 5.32 Å². The highest BCUT2D eigenvalue weighted by Gasteiger charge is 2.32. The minimum absolute atomic E-state index is 0.0150. The van der Waals surface area contributed by atoms with Gasteiger partial charge in [0.15, 0.2) is 0 Å². The average Bonchev–Trinajstić information content (AvgIpc) is 3.23. The molecule has 1 aromatic rings. The van der Waals surface area contributed by atoms with Crippen LogP contribution in [0.3, 0.4) is 0 Å². The molecule has 0 aliphatic heterocycles. The molecular formula is C15H21NO2S. The van der Waals surface area contributed by atoms with Crippen LogP contribution in [-0.2, 0) is 0 Å². The van der Waals surface area contributed by atoms with Crippen LogP contribution >= 0.6 is 11.8 Å². The normalized spacial score (nSPS) is 16.2. The van der Waals surface area contributed by atoms with Gasteiger partial charge in [-0.3, -0.25) is 4.79 Å². The number of hydrogen-bond acceptors (Lipinski definition) is 3. The molecule has 0 spiro atoms. The number of carbonyl (C=O) groups excluding carboxylic acids is 1. The van der Waals surface area contributed by atoms with Crippen molar-refractivity contribution in [1.29, 1.82) is 0 Å². The molecule has 1 aromatic carbocycles. The first-order chi connectivity index (χ1) is 9.15. The summed E-state index contributed by atoms with van der Waals surface area (Å²) in [6.07, 6.45) is 4.98. The van der Waals surface area contributed by atoms with Gasteiger partial charge in [0.1, 0.15) is 0 Å². The van der Waals surface area contributed by atoms with Gasteiger partial charge in [0.05, 0.1) is 0 Å². The fourth-order valence-electron chi connectivity index (χ4n) is 2.28. The summed E-state index contributed by atoms with van der Waals surface area (Å²) in [6, 6.07) is 6.08. The summed E-state index contributed by atoms with van der Waals surface area (Å²) >= 11 is 1.64. The Kier molecular flexibility index (Phi) is 4.88. The van der Waals surface area contributed by atoms with E-state index in [2.05, 4.69) is 5.32 Å². The molecule has 2 N–H and O–H groups in total. The Morgan fingerprint density at radius 2 is 2.26 bits per heavy atom. The second-order valence-electron chi connectivity index (χ2n) is 5.11. The standard InChI is InChI=1S/C15H21NO2S/c1-10-3-6-12(19-2)9-13(10)15(18)16-14(7-8-17)11-4-5-11/h3,6,9,11,14,17H,4-5,7-8H2,1-2H3,(H,16,18). The number of nitrogens with one attached hydrogen (secondary N) is 1. The van der Waals surface area contributed by atoms with Crippen LogP contribution < -0.4 is 5.32 Å². The lowest BCUT2D eigenvalue weighted by Gasteiger charge is -2.18. The number of thioether (sulfide) groups is 1. The van der Waals surface area contributed by atoms with Crippen molar-refractivity contribution in [2.45, 2.75) is 37.1 Å². The number of benzene rings is 1. The highest BCUT2D eigenvalue weighted by molar-refractivity contribution is 7.98. The predicted octanol–water partition coefficient (Wildman–Crippen LogP) is 2.61. The van der Waals surface area contributed by atoms with Gasteiger partial charge in [0.25, 0.3) is 5.91 Å². The maximum Gasteiger partial charge on any atom is 0.251 e. The van der Waals surface area contributed by atoms with E-state index in [1.165, 1.54) is 0 Å². The van der Waals surface area contributed by atoms with Crippen molar-refractivity contribution in [2.24, 2.45) is 5.92 Å². The van der Waals surface area contributed by atoms with Crippen molar-refractivity contribution in [2.75, 3.05) is 12.9 Å². The largest absolute Gasteiger partial charge is 0.396 e. The van der Waals surface area contributed by atoms with E-state index in [9.17, 15) is 4.79 Å². The Hall–Kier alpha value is -1.00. The van der Waals surface area contributed by atoms with Crippen molar-refractivity contribution < 1.29 is 9.90 Å². The molecule has 1 amide bonds. The number of carbonyl (C=O) groups is 1. The summed E-state index contributed by atoms with van der Waals surface area (Å²) in [5.74, 6) is 0.541. The lowest BCUT2D eigenvalue weighted by molar-refractivity contribution is 0.0923. The van der Waals surface area contributed by atoms with Crippen LogP contribution in [0.5, 0.6) is 0 Å². The SMILES string of the molecule is CSc1ccc(C)c(C(=O)NC(CCO)C2CC2)c1. The predicted molar refractivity (Wildman–Crippen MR) is 78.6 cm³/mol. The van der Waals surface area contributed by atoms with Crippen molar-refractivity contribution >= 4 is 17.7 Å². The average molecular weight is 279 g/mol. The Balaban J connectivity index is 2.09. The topological polar surface area (TPSA) is 49.3 Å². The molecule has 1 aliphatic carbocycles. The third kappa shape index (κ3) is 3.74. The summed E-state index contributed by atoms with van der Waals surface area (Å²) < 4.78 is 0. The molecule has 0 saturated heterocycles. The maximum atomic E-state index is 12.3. The minimum Gasteiger partial charge on any atom is -0.396 e. The highest BCUT2D eigenvalue weighted by atomic mass is 32.2. The van der Waals surface area contributed by atoms with Gasteiger partial charge >= 0.3 is 0 Å². The van der Waals surface area contributed by atoms with Crippen LogP contribution in [0.2, 0.25) is 0 Å². The van der Waals surface area contributed by atoms with E-state index in [-0.39, 0.29) is 18.6 Å². The number of hydrogen-bond donors (Lipinski definition) is 2. The molecule has 104 valence electrons. The quantitative estimate of drug-likeness (QED) is 0.787. The smallest absolute Gasteiger partial charge is 0.251 e. The van der Waals surface area contributed by atoms with Gasteiger partial charge in [-0.2, -0.15) is 0 Å². The van der Waals surface area contributed by atoms with Crippen LogP contribution in [0.15, 0.2) is 23.1 Å². The van der Waals surface area contributed by atoms with E-state index in [1.807, 2.05) is 31.4 Å². The zero-order chi connectivity index (χ0) is 13.8. The number of aryl methyl sites for hydroxylation is 1. The fourth-order valence-corrected chi connectivity index (χ4v) is 2.72. The van der Waals surface area contributed by atoms with Crippen molar-refractivity contribution in [3.63, 3.8) is 0 Å². The molecule has 1 fully saturated rings. The Morgan fingerprint density at radius 3 is 2.84 bits per heavy atom. The summed E-state index contributed by atoms with van der Waals surface area (Å²) in [4.78, 5) is 13.4. The van der Waals surface area contributed by atoms with Gasteiger partial charge < -0.3 is 10.4 Å². The summed E-state index contributed by atoms with van der Waals surface area (Å²) in [7, 11) is 0. The van der Waals surface area contributed by atoms with Gasteiger partial charge in [0, 0.05) is 23.1 Å². The van der Waals surface area contributed by atoms with E-state index < -0.39 is 0 Å². The molecule has 0 radical (unpaired) electrons. The summed E-state index contributed by atoms with van der Waals surface area (Å²) in [6.45, 7) is 2.09. The van der Waals surface area contributed by atoms with Gasteiger partial charge in [-0.15, -0.1) is 11.8 Å². The molecule has 1 saturated carbocycles. The first-order valence-electron chi connectivity index (χ1n) is 6.72. The van der Waals surface area contributed by atoms with Gasteiger partial charge in [0.2, 0.25) is 0 Å². The second-order valence-corrected chi connectivity index (χ2v) is 5.99. The lowest BCUT2D eigenvalue weighted by atomic mass is 10.1. The van der Waals surface area contributed by atoms with E-state index in [4.69, 9.17) is 5.11 Å². The van der Waals surface area contributed by atoms with Crippen LogP contribution in [-0.4, -0.2) is 29.9 Å². The Labute approximate surface area is 118 Å². The van der Waals surface area contributed by atoms with Gasteiger partial charge in [-0.05, 0) is 56.1 Å². The third-order valence-corrected chi connectivity index (χ3v) is 4.36. The number of aliphatic hydroxyl groups is 1. The number of rotatable bonds is 6. The molecule has 3 nitrogen and oxygen atoms in total. The molecule has 1 aliphatic rings. The van der Waals surface area contributed by atoms with E-state index in [1.54, 1.807) is 11.8 Å². The molecule has 1 unspecified atom stereocenters. The fraction of sp³-hybridized carbons (Fsp3) is 0.533. The molecule has 0 aromatic heterocycles. The summed E-state index contributed by atoms with van der Waals surface area (Å²) in [5.41, 5.74) is 1.74. The molecule has 4 heteroatoms.